The summed E-state index contributed by atoms with van der Waals surface area (Å²) >= 11 is 3.24. The Morgan fingerprint density at radius 3 is 2.57 bits per heavy atom. The van der Waals surface area contributed by atoms with Crippen LogP contribution < -0.4 is 10.0 Å². The van der Waals surface area contributed by atoms with E-state index in [4.69, 9.17) is 0 Å². The molecule has 122 valence electrons. The molecule has 1 amide bonds. The van der Waals surface area contributed by atoms with Crippen molar-refractivity contribution in [2.24, 2.45) is 0 Å². The summed E-state index contributed by atoms with van der Waals surface area (Å²) in [5.41, 5.74) is 0.837. The van der Waals surface area contributed by atoms with Gasteiger partial charge < -0.3 is 5.32 Å². The first kappa shape index (κ1) is 17.6. The molecule has 0 aliphatic rings. The van der Waals surface area contributed by atoms with E-state index in [2.05, 4.69) is 31.0 Å². The van der Waals surface area contributed by atoms with Crippen LogP contribution >= 0.6 is 15.9 Å². The average Bonchev–Trinajstić information content (AvgIpc) is 2.53. The smallest absolute Gasteiger partial charge is 0.241 e. The number of amides is 1. The summed E-state index contributed by atoms with van der Waals surface area (Å²) in [7, 11) is -3.75. The van der Waals surface area contributed by atoms with Crippen molar-refractivity contribution < 1.29 is 13.2 Å². The minimum Gasteiger partial charge on any atom is -0.351 e. The third-order valence-corrected chi connectivity index (χ3v) is 5.12. The Balaban J connectivity index is 1.96. The van der Waals surface area contributed by atoms with Gasteiger partial charge in [-0.05, 0) is 42.8 Å². The molecule has 0 aliphatic carbocycles. The fourth-order valence-electron chi connectivity index (χ4n) is 1.81. The van der Waals surface area contributed by atoms with Gasteiger partial charge in [0, 0.05) is 23.4 Å². The summed E-state index contributed by atoms with van der Waals surface area (Å²) in [6.45, 7) is 1.78. The molecule has 2 rings (SSSR count). The molecule has 0 fully saturated rings. The zero-order chi connectivity index (χ0) is 16.9. The van der Waals surface area contributed by atoms with Crippen LogP contribution in [0.15, 0.2) is 58.2 Å². The molecular weight excluding hydrogens is 382 g/mol. The van der Waals surface area contributed by atoms with E-state index in [1.165, 1.54) is 19.1 Å². The fraction of sp³-hybridized carbons (Fsp3) is 0.200. The molecule has 0 unspecified atom stereocenters. The number of pyridine rings is 1. The second kappa shape index (κ2) is 7.67. The number of hydrogen-bond acceptors (Lipinski definition) is 4. The van der Waals surface area contributed by atoms with E-state index in [-0.39, 0.29) is 11.4 Å². The van der Waals surface area contributed by atoms with Gasteiger partial charge in [-0.2, -0.15) is 4.72 Å². The molecule has 0 spiro atoms. The van der Waals surface area contributed by atoms with Gasteiger partial charge in [-0.15, -0.1) is 0 Å². The van der Waals surface area contributed by atoms with Crippen LogP contribution in [0, 0.1) is 0 Å². The van der Waals surface area contributed by atoms with Gasteiger partial charge in [0.1, 0.15) is 0 Å². The lowest BCUT2D eigenvalue weighted by atomic mass is 10.2. The van der Waals surface area contributed by atoms with Crippen molar-refractivity contribution in [3.63, 3.8) is 0 Å². The van der Waals surface area contributed by atoms with Crippen molar-refractivity contribution in [1.29, 1.82) is 0 Å². The quantitative estimate of drug-likeness (QED) is 0.777. The minimum absolute atomic E-state index is 0.104. The van der Waals surface area contributed by atoms with Gasteiger partial charge in [-0.3, -0.25) is 9.78 Å². The van der Waals surface area contributed by atoms with Crippen molar-refractivity contribution in [1.82, 2.24) is 15.0 Å². The van der Waals surface area contributed by atoms with Crippen LogP contribution in [0.25, 0.3) is 0 Å². The predicted octanol–water partition coefficient (Wildman–Crippen LogP) is 1.83. The molecular formula is C15H16BrN3O3S. The molecule has 0 aliphatic heterocycles. The lowest BCUT2D eigenvalue weighted by molar-refractivity contribution is -0.122. The zero-order valence-corrected chi connectivity index (χ0v) is 14.8. The normalized spacial score (nSPS) is 12.6. The summed E-state index contributed by atoms with van der Waals surface area (Å²) in [5.74, 6) is -0.408. The fourth-order valence-corrected chi connectivity index (χ4v) is 3.28. The van der Waals surface area contributed by atoms with Crippen LogP contribution in [0.4, 0.5) is 0 Å². The molecule has 2 aromatic rings. The van der Waals surface area contributed by atoms with Gasteiger partial charge in [0.05, 0.1) is 10.9 Å². The molecule has 2 N–H and O–H groups in total. The zero-order valence-electron chi connectivity index (χ0n) is 12.4. The number of rotatable bonds is 6. The molecule has 1 aromatic carbocycles. The van der Waals surface area contributed by atoms with E-state index in [9.17, 15) is 13.2 Å². The van der Waals surface area contributed by atoms with Gasteiger partial charge in [-0.1, -0.05) is 22.0 Å². The molecule has 8 heteroatoms. The SMILES string of the molecule is C[C@@H](NS(=O)(=O)c1ccc(Br)cc1)C(=O)NCc1cccnc1. The molecule has 0 saturated carbocycles. The number of carbonyl (C=O) groups is 1. The molecule has 23 heavy (non-hydrogen) atoms. The van der Waals surface area contributed by atoms with E-state index in [1.54, 1.807) is 30.6 Å². The van der Waals surface area contributed by atoms with Crippen LogP contribution in [-0.2, 0) is 21.4 Å². The molecule has 1 aromatic heterocycles. The Morgan fingerprint density at radius 1 is 1.26 bits per heavy atom. The third-order valence-electron chi connectivity index (χ3n) is 3.04. The number of aromatic nitrogens is 1. The average molecular weight is 398 g/mol. The summed E-state index contributed by atoms with van der Waals surface area (Å²) in [4.78, 5) is 16.1. The highest BCUT2D eigenvalue weighted by Crippen LogP contribution is 2.14. The maximum Gasteiger partial charge on any atom is 0.241 e. The predicted molar refractivity (Wildman–Crippen MR) is 90.0 cm³/mol. The number of sulfonamides is 1. The highest BCUT2D eigenvalue weighted by atomic mass is 79.9. The molecule has 0 radical (unpaired) electrons. The van der Waals surface area contributed by atoms with Crippen molar-refractivity contribution in [2.75, 3.05) is 0 Å². The Bertz CT molecular complexity index is 764. The number of nitrogens with zero attached hydrogens (tertiary/aromatic N) is 1. The lowest BCUT2D eigenvalue weighted by Crippen LogP contribution is -2.44. The molecule has 0 saturated heterocycles. The Hall–Kier alpha value is -1.77. The van der Waals surface area contributed by atoms with Crippen molar-refractivity contribution >= 4 is 31.9 Å². The van der Waals surface area contributed by atoms with E-state index in [0.29, 0.717) is 0 Å². The van der Waals surface area contributed by atoms with E-state index in [1.807, 2.05) is 6.07 Å². The Kier molecular flexibility index (Phi) is 5.86. The molecule has 0 bridgehead atoms. The summed E-state index contributed by atoms with van der Waals surface area (Å²) in [5, 5.41) is 2.67. The van der Waals surface area contributed by atoms with Crippen molar-refractivity contribution in [3.05, 3.63) is 58.8 Å². The van der Waals surface area contributed by atoms with Crippen LogP contribution in [0.3, 0.4) is 0 Å². The molecule has 1 heterocycles. The number of hydrogen-bond donors (Lipinski definition) is 2. The van der Waals surface area contributed by atoms with Crippen molar-refractivity contribution in [3.8, 4) is 0 Å². The van der Waals surface area contributed by atoms with Crippen molar-refractivity contribution in [2.45, 2.75) is 24.4 Å². The summed E-state index contributed by atoms with van der Waals surface area (Å²) < 4.78 is 27.6. The monoisotopic (exact) mass is 397 g/mol. The highest BCUT2D eigenvalue weighted by molar-refractivity contribution is 9.10. The first-order valence-corrected chi connectivity index (χ1v) is 9.10. The number of benzene rings is 1. The van der Waals surface area contributed by atoms with Crippen LogP contribution in [0.2, 0.25) is 0 Å². The topological polar surface area (TPSA) is 88.2 Å². The second-order valence-electron chi connectivity index (χ2n) is 4.88. The van der Waals surface area contributed by atoms with E-state index in [0.717, 1.165) is 10.0 Å². The van der Waals surface area contributed by atoms with E-state index >= 15 is 0 Å². The first-order valence-electron chi connectivity index (χ1n) is 6.83. The highest BCUT2D eigenvalue weighted by Gasteiger charge is 2.21. The van der Waals surface area contributed by atoms with Crippen LogP contribution in [-0.4, -0.2) is 25.4 Å². The van der Waals surface area contributed by atoms with Gasteiger partial charge >= 0.3 is 0 Å². The number of halogens is 1. The Labute approximate surface area is 143 Å². The number of carbonyl (C=O) groups excluding carboxylic acids is 1. The standard InChI is InChI=1S/C15H16BrN3O3S/c1-11(15(20)18-10-12-3-2-8-17-9-12)19-23(21,22)14-6-4-13(16)5-7-14/h2-9,11,19H,10H2,1H3,(H,18,20)/t11-/m1/s1. The number of nitrogens with one attached hydrogen (secondary N) is 2. The van der Waals surface area contributed by atoms with Gasteiger partial charge in [-0.25, -0.2) is 8.42 Å². The van der Waals surface area contributed by atoms with Gasteiger partial charge in [0.2, 0.25) is 15.9 Å². The molecule has 1 atom stereocenters. The van der Waals surface area contributed by atoms with Crippen LogP contribution in [0.5, 0.6) is 0 Å². The summed E-state index contributed by atoms with van der Waals surface area (Å²) in [6.07, 6.45) is 3.28. The molecule has 6 nitrogen and oxygen atoms in total. The minimum atomic E-state index is -3.75. The largest absolute Gasteiger partial charge is 0.351 e. The summed E-state index contributed by atoms with van der Waals surface area (Å²) in [6, 6.07) is 8.88. The van der Waals surface area contributed by atoms with Crippen LogP contribution in [0.1, 0.15) is 12.5 Å². The second-order valence-corrected chi connectivity index (χ2v) is 7.51. The maximum absolute atomic E-state index is 12.2. The maximum atomic E-state index is 12.2. The third kappa shape index (κ3) is 5.12. The van der Waals surface area contributed by atoms with Gasteiger partial charge in [0.25, 0.3) is 0 Å². The van der Waals surface area contributed by atoms with Gasteiger partial charge in [0.15, 0.2) is 0 Å². The lowest BCUT2D eigenvalue weighted by Gasteiger charge is -2.14. The Morgan fingerprint density at radius 2 is 1.96 bits per heavy atom. The van der Waals surface area contributed by atoms with E-state index < -0.39 is 22.0 Å². The first-order chi connectivity index (χ1) is 10.9.